The van der Waals surface area contributed by atoms with Crippen LogP contribution in [0.15, 0.2) is 63.9 Å². The van der Waals surface area contributed by atoms with Gasteiger partial charge in [0.05, 0.1) is 46.4 Å². The minimum absolute atomic E-state index is 0.0622. The van der Waals surface area contributed by atoms with Crippen molar-refractivity contribution in [1.29, 1.82) is 0 Å². The molecular formula is C39H33FN6O4S. The van der Waals surface area contributed by atoms with Crippen LogP contribution in [0.5, 0.6) is 5.75 Å². The molecule has 0 unspecified atom stereocenters. The van der Waals surface area contributed by atoms with E-state index in [2.05, 4.69) is 27.6 Å². The number of hydrogen-bond acceptors (Lipinski definition) is 9. The van der Waals surface area contributed by atoms with Crippen LogP contribution in [-0.2, 0) is 19.3 Å². The fraction of sp³-hybridized carbons (Fsp3) is 0.308. The van der Waals surface area contributed by atoms with Gasteiger partial charge in [-0.15, -0.1) is 16.4 Å². The van der Waals surface area contributed by atoms with E-state index in [1.54, 1.807) is 30.7 Å². The quantitative estimate of drug-likeness (QED) is 0.175. The molecule has 12 heteroatoms. The number of halogens is 1. The van der Waals surface area contributed by atoms with Crippen molar-refractivity contribution in [2.45, 2.75) is 62.9 Å². The van der Waals surface area contributed by atoms with E-state index >= 15 is 0 Å². The highest BCUT2D eigenvalue weighted by atomic mass is 32.1. The van der Waals surface area contributed by atoms with Gasteiger partial charge < -0.3 is 19.4 Å². The molecular weight excluding hydrogens is 668 g/mol. The second-order valence-corrected chi connectivity index (χ2v) is 14.9. The van der Waals surface area contributed by atoms with Crippen molar-refractivity contribution >= 4 is 33.1 Å². The Balaban J connectivity index is 1.15. The van der Waals surface area contributed by atoms with Gasteiger partial charge in [0.15, 0.2) is 0 Å². The number of pyridine rings is 2. The molecule has 0 radical (unpaired) electrons. The van der Waals surface area contributed by atoms with E-state index in [1.165, 1.54) is 17.2 Å². The SMILES string of the molecule is COc1cccc2c1CC[C@@H]2Nc1nccc2cc(-c3c4c(nc(C[C@@H]5CCc6cc(F)ccc65)c3-c3n[nH]c(=O)o3)[C@H]3CCCN3C4=O)sc12. The Morgan fingerprint density at radius 3 is 2.84 bits per heavy atom. The average molecular weight is 701 g/mol. The number of anilines is 1. The first-order valence-electron chi connectivity index (χ1n) is 17.5. The molecule has 6 heterocycles. The van der Waals surface area contributed by atoms with Gasteiger partial charge in [0, 0.05) is 23.2 Å². The summed E-state index contributed by atoms with van der Waals surface area (Å²) in [5.74, 6) is 0.864. The van der Waals surface area contributed by atoms with E-state index in [9.17, 15) is 14.0 Å². The van der Waals surface area contributed by atoms with Gasteiger partial charge in [0.1, 0.15) is 17.4 Å². The molecule has 10 nitrogen and oxygen atoms in total. The number of hydrogen-bond donors (Lipinski definition) is 2. The van der Waals surface area contributed by atoms with Gasteiger partial charge in [-0.25, -0.2) is 19.3 Å². The Morgan fingerprint density at radius 2 is 1.98 bits per heavy atom. The predicted molar refractivity (Wildman–Crippen MR) is 191 cm³/mol. The topological polar surface area (TPSA) is 126 Å². The van der Waals surface area contributed by atoms with Crippen LogP contribution in [0, 0.1) is 5.82 Å². The fourth-order valence-electron chi connectivity index (χ4n) is 8.95. The average Bonchev–Trinajstić information content (AvgIpc) is 3.99. The summed E-state index contributed by atoms with van der Waals surface area (Å²) in [5.41, 5.74) is 7.79. The van der Waals surface area contributed by atoms with Crippen LogP contribution in [0.4, 0.5) is 10.2 Å². The Labute approximate surface area is 295 Å². The molecule has 2 N–H and O–H groups in total. The smallest absolute Gasteiger partial charge is 0.434 e. The summed E-state index contributed by atoms with van der Waals surface area (Å²) in [6, 6.07) is 15.2. The van der Waals surface area contributed by atoms with E-state index in [4.69, 9.17) is 19.1 Å². The third kappa shape index (κ3) is 4.76. The first-order valence-corrected chi connectivity index (χ1v) is 18.3. The number of carbonyl (C=O) groups excluding carboxylic acids is 1. The summed E-state index contributed by atoms with van der Waals surface area (Å²) in [4.78, 5) is 39.6. The number of aromatic amines is 1. The van der Waals surface area contributed by atoms with E-state index in [0.717, 1.165) is 81.9 Å². The second kappa shape index (κ2) is 11.6. The maximum atomic E-state index is 14.3. The van der Waals surface area contributed by atoms with Crippen molar-refractivity contribution in [3.05, 3.63) is 110 Å². The number of aromatic nitrogens is 4. The van der Waals surface area contributed by atoms with Crippen LogP contribution in [0.1, 0.15) is 87.7 Å². The lowest BCUT2D eigenvalue weighted by molar-refractivity contribution is 0.0776. The second-order valence-electron chi connectivity index (χ2n) is 13.9. The molecule has 4 aliphatic rings. The van der Waals surface area contributed by atoms with Crippen LogP contribution in [0.2, 0.25) is 0 Å². The summed E-state index contributed by atoms with van der Waals surface area (Å²) >= 11 is 1.56. The zero-order chi connectivity index (χ0) is 34.4. The van der Waals surface area contributed by atoms with Gasteiger partial charge in [-0.1, -0.05) is 18.2 Å². The molecule has 2 aliphatic carbocycles. The molecule has 6 aromatic rings. The van der Waals surface area contributed by atoms with Crippen molar-refractivity contribution in [2.75, 3.05) is 19.0 Å². The van der Waals surface area contributed by atoms with Crippen LogP contribution in [0.25, 0.3) is 32.0 Å². The molecule has 0 spiro atoms. The van der Waals surface area contributed by atoms with Crippen molar-refractivity contribution < 1.29 is 18.3 Å². The number of ether oxygens (including phenoxy) is 1. The molecule has 51 heavy (non-hydrogen) atoms. The maximum Gasteiger partial charge on any atom is 0.434 e. The third-order valence-corrected chi connectivity index (χ3v) is 12.4. The van der Waals surface area contributed by atoms with Gasteiger partial charge in [-0.2, -0.15) is 0 Å². The Morgan fingerprint density at radius 1 is 1.06 bits per heavy atom. The predicted octanol–water partition coefficient (Wildman–Crippen LogP) is 7.51. The molecule has 0 saturated carbocycles. The standard InChI is InChI=1S/C39H33FN6O4S/c1-49-29-6-2-4-24-25(29)11-12-26(24)43-36-35-21(13-14-41-36)18-30(51-35)32-31(37-44-45-39(48)50-37)27(17-20-8-7-19-16-22(40)9-10-23(19)20)42-34-28-5-3-15-46(28)38(47)33(32)34/h2,4,6,9-10,13-14,16,18,20,26,28H,3,5,7-8,11-12,15,17H2,1H3,(H,41,43)(H,45,48)/t20-,26-,28+/m0/s1. The lowest BCUT2D eigenvalue weighted by atomic mass is 9.89. The van der Waals surface area contributed by atoms with E-state index < -0.39 is 5.76 Å². The molecule has 1 saturated heterocycles. The number of H-pyrrole nitrogens is 1. The minimum atomic E-state index is -0.684. The van der Waals surface area contributed by atoms with E-state index in [1.807, 2.05) is 29.2 Å². The monoisotopic (exact) mass is 700 g/mol. The van der Waals surface area contributed by atoms with Crippen LogP contribution >= 0.6 is 11.3 Å². The summed E-state index contributed by atoms with van der Waals surface area (Å²) in [5, 5.41) is 11.5. The number of carbonyl (C=O) groups is 1. The van der Waals surface area contributed by atoms with Crippen LogP contribution in [-0.4, -0.2) is 44.6 Å². The van der Waals surface area contributed by atoms with Crippen molar-refractivity contribution in [1.82, 2.24) is 25.1 Å². The number of thiophene rings is 1. The van der Waals surface area contributed by atoms with E-state index in [0.29, 0.717) is 35.3 Å². The molecule has 1 fully saturated rings. The normalized spacial score (nSPS) is 20.2. The van der Waals surface area contributed by atoms with Crippen molar-refractivity contribution in [2.24, 2.45) is 0 Å². The number of benzene rings is 2. The molecule has 2 aromatic carbocycles. The lowest BCUT2D eigenvalue weighted by Crippen LogP contribution is -2.22. The number of fused-ring (bicyclic) bond motifs is 6. The molecule has 0 bridgehead atoms. The zero-order valence-corrected chi connectivity index (χ0v) is 28.6. The molecule has 10 rings (SSSR count). The highest BCUT2D eigenvalue weighted by molar-refractivity contribution is 7.23. The highest BCUT2D eigenvalue weighted by Gasteiger charge is 2.45. The number of rotatable bonds is 7. The van der Waals surface area contributed by atoms with Crippen LogP contribution in [0.3, 0.4) is 0 Å². The van der Waals surface area contributed by atoms with Gasteiger partial charge in [0.25, 0.3) is 11.8 Å². The molecule has 1 amide bonds. The third-order valence-electron chi connectivity index (χ3n) is 11.2. The van der Waals surface area contributed by atoms with E-state index in [-0.39, 0.29) is 35.6 Å². The van der Waals surface area contributed by atoms with Gasteiger partial charge in [0.2, 0.25) is 0 Å². The molecule has 3 atom stereocenters. The minimum Gasteiger partial charge on any atom is -0.496 e. The summed E-state index contributed by atoms with van der Waals surface area (Å²) in [6.07, 6.45) is 7.52. The maximum absolute atomic E-state index is 14.3. The van der Waals surface area contributed by atoms with Gasteiger partial charge in [-0.05, 0) is 109 Å². The summed E-state index contributed by atoms with van der Waals surface area (Å²) in [7, 11) is 1.71. The summed E-state index contributed by atoms with van der Waals surface area (Å²) in [6.45, 7) is 0.668. The number of nitrogens with one attached hydrogen (secondary N) is 2. The first-order chi connectivity index (χ1) is 24.9. The fourth-order valence-corrected chi connectivity index (χ4v) is 10.1. The Kier molecular flexibility index (Phi) is 6.92. The number of aryl methyl sites for hydroxylation is 1. The first kappa shape index (κ1) is 30.5. The van der Waals surface area contributed by atoms with Crippen LogP contribution < -0.4 is 15.8 Å². The summed E-state index contributed by atoms with van der Waals surface area (Å²) < 4.78 is 26.5. The molecule has 2 aliphatic heterocycles. The number of methoxy groups -OCH3 is 1. The largest absolute Gasteiger partial charge is 0.496 e. The Bertz CT molecular complexity index is 2470. The van der Waals surface area contributed by atoms with Gasteiger partial charge in [-0.3, -0.25) is 9.78 Å². The zero-order valence-electron chi connectivity index (χ0n) is 27.8. The molecule has 4 aromatic heterocycles. The lowest BCUT2D eigenvalue weighted by Gasteiger charge is -2.19. The van der Waals surface area contributed by atoms with Crippen molar-refractivity contribution in [3.8, 4) is 27.6 Å². The number of amides is 1. The number of nitrogens with zero attached hydrogens (tertiary/aromatic N) is 4. The Hall–Kier alpha value is -5.36. The molecule has 256 valence electrons. The highest BCUT2D eigenvalue weighted by Crippen LogP contribution is 2.51. The van der Waals surface area contributed by atoms with Gasteiger partial charge >= 0.3 is 5.76 Å². The van der Waals surface area contributed by atoms with Crippen molar-refractivity contribution in [3.63, 3.8) is 0 Å².